The highest BCUT2D eigenvalue weighted by Gasteiger charge is 2.19. The van der Waals surface area contributed by atoms with E-state index in [-0.39, 0.29) is 12.1 Å². The molecule has 1 N–H and O–H groups in total. The van der Waals surface area contributed by atoms with Gasteiger partial charge in [0.25, 0.3) is 0 Å². The molecule has 106 valence electrons. The zero-order valence-electron chi connectivity index (χ0n) is 11.7. The first-order valence-electron chi connectivity index (χ1n) is 6.67. The number of thiophene rings is 1. The number of alkyl carbamates (subject to hydrolysis) is 1. The minimum atomic E-state index is -0.374. The Hall–Kier alpha value is -1.81. The standard InChI is InChI=1S/C16H19NO2S/c1-12(2)15(14-9-6-10-20-14)17-16(18)19-11-13-7-4-3-5-8-13/h3-10,12,15H,11H2,1-2H3,(H,17,18). The zero-order chi connectivity index (χ0) is 14.4. The minimum absolute atomic E-state index is 0.00160. The van der Waals surface area contributed by atoms with Gasteiger partial charge in [-0.05, 0) is 22.9 Å². The lowest BCUT2D eigenvalue weighted by Gasteiger charge is -2.20. The molecule has 4 heteroatoms. The van der Waals surface area contributed by atoms with Crippen LogP contribution in [0, 0.1) is 5.92 Å². The summed E-state index contributed by atoms with van der Waals surface area (Å²) in [6.45, 7) is 4.46. The van der Waals surface area contributed by atoms with Crippen molar-refractivity contribution in [2.24, 2.45) is 5.92 Å². The van der Waals surface area contributed by atoms with E-state index in [1.165, 1.54) is 0 Å². The number of benzene rings is 1. The fourth-order valence-electron chi connectivity index (χ4n) is 1.93. The fraction of sp³-hybridized carbons (Fsp3) is 0.312. The normalized spacial score (nSPS) is 12.2. The number of rotatable bonds is 5. The van der Waals surface area contributed by atoms with Crippen molar-refractivity contribution in [3.63, 3.8) is 0 Å². The van der Waals surface area contributed by atoms with Crippen molar-refractivity contribution in [2.45, 2.75) is 26.5 Å². The summed E-state index contributed by atoms with van der Waals surface area (Å²) in [4.78, 5) is 13.0. The van der Waals surface area contributed by atoms with Gasteiger partial charge in [0.1, 0.15) is 6.61 Å². The highest BCUT2D eigenvalue weighted by Crippen LogP contribution is 2.25. The lowest BCUT2D eigenvalue weighted by Crippen LogP contribution is -2.31. The molecule has 0 aliphatic heterocycles. The van der Waals surface area contributed by atoms with Crippen LogP contribution in [0.15, 0.2) is 47.8 Å². The molecule has 1 aromatic heterocycles. The van der Waals surface area contributed by atoms with Crippen molar-refractivity contribution < 1.29 is 9.53 Å². The van der Waals surface area contributed by atoms with Gasteiger partial charge in [-0.25, -0.2) is 4.79 Å². The topological polar surface area (TPSA) is 38.3 Å². The Labute approximate surface area is 123 Å². The number of hydrogen-bond acceptors (Lipinski definition) is 3. The highest BCUT2D eigenvalue weighted by atomic mass is 32.1. The first-order valence-corrected chi connectivity index (χ1v) is 7.55. The lowest BCUT2D eigenvalue weighted by atomic mass is 10.0. The summed E-state index contributed by atoms with van der Waals surface area (Å²) in [5.41, 5.74) is 0.986. The predicted molar refractivity (Wildman–Crippen MR) is 81.7 cm³/mol. The van der Waals surface area contributed by atoms with Crippen LogP contribution in [0.25, 0.3) is 0 Å². The molecule has 20 heavy (non-hydrogen) atoms. The van der Waals surface area contributed by atoms with Crippen LogP contribution in [-0.4, -0.2) is 6.09 Å². The Morgan fingerprint density at radius 3 is 2.55 bits per heavy atom. The van der Waals surface area contributed by atoms with Crippen LogP contribution in [0.5, 0.6) is 0 Å². The summed E-state index contributed by atoms with van der Waals surface area (Å²) < 4.78 is 5.26. The molecular formula is C16H19NO2S. The molecular weight excluding hydrogens is 270 g/mol. The smallest absolute Gasteiger partial charge is 0.407 e. The summed E-state index contributed by atoms with van der Waals surface area (Å²) in [5, 5.41) is 4.95. The van der Waals surface area contributed by atoms with Crippen molar-refractivity contribution in [3.8, 4) is 0 Å². The Kier molecular flexibility index (Phi) is 5.18. The fourth-order valence-corrected chi connectivity index (χ4v) is 2.88. The number of ether oxygens (including phenoxy) is 1. The van der Waals surface area contributed by atoms with E-state index in [1.807, 2.05) is 47.8 Å². The van der Waals surface area contributed by atoms with Crippen LogP contribution in [0.4, 0.5) is 4.79 Å². The minimum Gasteiger partial charge on any atom is -0.445 e. The van der Waals surface area contributed by atoms with Crippen LogP contribution in [0.1, 0.15) is 30.3 Å². The highest BCUT2D eigenvalue weighted by molar-refractivity contribution is 7.10. The second kappa shape index (κ2) is 7.10. The van der Waals surface area contributed by atoms with Gasteiger partial charge in [-0.15, -0.1) is 11.3 Å². The lowest BCUT2D eigenvalue weighted by molar-refractivity contribution is 0.133. The number of nitrogens with one attached hydrogen (secondary N) is 1. The molecule has 2 rings (SSSR count). The third kappa shape index (κ3) is 4.10. The van der Waals surface area contributed by atoms with Gasteiger partial charge in [0.15, 0.2) is 0 Å². The van der Waals surface area contributed by atoms with Gasteiger partial charge >= 0.3 is 6.09 Å². The molecule has 3 nitrogen and oxygen atoms in total. The van der Waals surface area contributed by atoms with Gasteiger partial charge in [0.2, 0.25) is 0 Å². The predicted octanol–water partition coefficient (Wildman–Crippen LogP) is 4.37. The first-order chi connectivity index (χ1) is 9.66. The van der Waals surface area contributed by atoms with E-state index < -0.39 is 0 Å². The van der Waals surface area contributed by atoms with E-state index in [2.05, 4.69) is 19.2 Å². The maximum atomic E-state index is 11.9. The first kappa shape index (κ1) is 14.6. The number of carbonyl (C=O) groups excluding carboxylic acids is 1. The molecule has 0 radical (unpaired) electrons. The Morgan fingerprint density at radius 2 is 1.95 bits per heavy atom. The van der Waals surface area contributed by atoms with E-state index in [0.29, 0.717) is 12.5 Å². The monoisotopic (exact) mass is 289 g/mol. The van der Waals surface area contributed by atoms with E-state index in [9.17, 15) is 4.79 Å². The Bertz CT molecular complexity index is 523. The van der Waals surface area contributed by atoms with E-state index in [4.69, 9.17) is 4.74 Å². The van der Waals surface area contributed by atoms with Crippen molar-refractivity contribution in [1.82, 2.24) is 5.32 Å². The van der Waals surface area contributed by atoms with Gasteiger partial charge < -0.3 is 10.1 Å². The molecule has 1 heterocycles. The van der Waals surface area contributed by atoms with E-state index >= 15 is 0 Å². The zero-order valence-corrected chi connectivity index (χ0v) is 12.5. The molecule has 0 aliphatic carbocycles. The molecule has 1 atom stereocenters. The number of carbonyl (C=O) groups is 1. The summed E-state index contributed by atoms with van der Waals surface area (Å²) >= 11 is 1.65. The summed E-state index contributed by atoms with van der Waals surface area (Å²) in [6, 6.07) is 13.7. The summed E-state index contributed by atoms with van der Waals surface area (Å²) in [7, 11) is 0. The molecule has 0 saturated heterocycles. The summed E-state index contributed by atoms with van der Waals surface area (Å²) in [6.07, 6.45) is -0.374. The van der Waals surface area contributed by atoms with Crippen LogP contribution < -0.4 is 5.32 Å². The van der Waals surface area contributed by atoms with Gasteiger partial charge in [-0.2, -0.15) is 0 Å². The molecule has 1 unspecified atom stereocenters. The average molecular weight is 289 g/mol. The van der Waals surface area contributed by atoms with Crippen LogP contribution >= 0.6 is 11.3 Å². The van der Waals surface area contributed by atoms with Gasteiger partial charge in [-0.1, -0.05) is 50.2 Å². The maximum Gasteiger partial charge on any atom is 0.407 e. The Morgan fingerprint density at radius 1 is 1.20 bits per heavy atom. The van der Waals surface area contributed by atoms with Crippen molar-refractivity contribution in [1.29, 1.82) is 0 Å². The molecule has 0 saturated carbocycles. The third-order valence-electron chi connectivity index (χ3n) is 3.00. The number of hydrogen-bond donors (Lipinski definition) is 1. The van der Waals surface area contributed by atoms with Crippen molar-refractivity contribution in [2.75, 3.05) is 0 Å². The van der Waals surface area contributed by atoms with Crippen LogP contribution in [-0.2, 0) is 11.3 Å². The molecule has 0 bridgehead atoms. The van der Waals surface area contributed by atoms with E-state index in [1.54, 1.807) is 11.3 Å². The van der Waals surface area contributed by atoms with Gasteiger partial charge in [-0.3, -0.25) is 0 Å². The second-order valence-electron chi connectivity index (χ2n) is 4.94. The molecule has 1 aromatic carbocycles. The van der Waals surface area contributed by atoms with Gasteiger partial charge in [0.05, 0.1) is 6.04 Å². The molecule has 0 aliphatic rings. The van der Waals surface area contributed by atoms with Crippen LogP contribution in [0.2, 0.25) is 0 Å². The second-order valence-corrected chi connectivity index (χ2v) is 5.92. The Balaban J connectivity index is 1.89. The summed E-state index contributed by atoms with van der Waals surface area (Å²) in [5.74, 6) is 0.318. The average Bonchev–Trinajstić information content (AvgIpc) is 2.97. The molecule has 1 amide bonds. The SMILES string of the molecule is CC(C)C(NC(=O)OCc1ccccc1)c1cccs1. The van der Waals surface area contributed by atoms with Gasteiger partial charge in [0, 0.05) is 4.88 Å². The largest absolute Gasteiger partial charge is 0.445 e. The molecule has 0 spiro atoms. The molecule has 2 aromatic rings. The number of amides is 1. The molecule has 0 fully saturated rings. The maximum absolute atomic E-state index is 11.9. The van der Waals surface area contributed by atoms with Crippen molar-refractivity contribution in [3.05, 3.63) is 58.3 Å². The van der Waals surface area contributed by atoms with E-state index in [0.717, 1.165) is 10.4 Å². The van der Waals surface area contributed by atoms with Crippen LogP contribution in [0.3, 0.4) is 0 Å². The third-order valence-corrected chi connectivity index (χ3v) is 3.96. The quantitative estimate of drug-likeness (QED) is 0.887. The van der Waals surface area contributed by atoms with Crippen molar-refractivity contribution >= 4 is 17.4 Å².